The van der Waals surface area contributed by atoms with Crippen LogP contribution < -0.4 is 0 Å². The van der Waals surface area contributed by atoms with Crippen LogP contribution in [-0.4, -0.2) is 18.9 Å². The van der Waals surface area contributed by atoms with E-state index in [2.05, 4.69) is 16.9 Å². The highest BCUT2D eigenvalue weighted by molar-refractivity contribution is 5.95. The summed E-state index contributed by atoms with van der Waals surface area (Å²) in [5.74, 6) is -0.121. The second kappa shape index (κ2) is 5.58. The van der Waals surface area contributed by atoms with Gasteiger partial charge in [0.2, 0.25) is 0 Å². The molecule has 0 heterocycles. The van der Waals surface area contributed by atoms with Crippen molar-refractivity contribution in [1.82, 2.24) is 0 Å². The van der Waals surface area contributed by atoms with E-state index < -0.39 is 5.97 Å². The lowest BCUT2D eigenvalue weighted by atomic mass is 9.91. The van der Waals surface area contributed by atoms with E-state index in [0.29, 0.717) is 12.3 Å². The van der Waals surface area contributed by atoms with Crippen LogP contribution in [0, 0.1) is 5.92 Å². The summed E-state index contributed by atoms with van der Waals surface area (Å²) in [5, 5.41) is 0. The molecule has 0 saturated carbocycles. The van der Waals surface area contributed by atoms with Crippen molar-refractivity contribution in [2.45, 2.75) is 32.1 Å². The lowest BCUT2D eigenvalue weighted by Gasteiger charge is -2.14. The predicted molar refractivity (Wildman–Crippen MR) is 52.7 cm³/mol. The Hall–Kier alpha value is -1.12. The molecule has 3 nitrogen and oxygen atoms in total. The van der Waals surface area contributed by atoms with E-state index in [1.807, 2.05) is 0 Å². The first-order valence-electron chi connectivity index (χ1n) is 4.97. The average Bonchev–Trinajstić information content (AvgIpc) is 2.19. The number of ether oxygens (including phenoxy) is 1. The van der Waals surface area contributed by atoms with Gasteiger partial charge >= 0.3 is 5.97 Å². The standard InChI is InChI=1S/C11H16O3/c1-14-11(13)8-10(12)7-9-5-3-2-4-6-9/h3,5,9H,2,4,6-8H2,1H3. The Bertz CT molecular complexity index is 243. The molecule has 0 saturated heterocycles. The van der Waals surface area contributed by atoms with Gasteiger partial charge in [0.15, 0.2) is 0 Å². The number of hydrogen-bond acceptors (Lipinski definition) is 3. The first-order valence-corrected chi connectivity index (χ1v) is 4.97. The number of esters is 1. The molecule has 14 heavy (non-hydrogen) atoms. The quantitative estimate of drug-likeness (QED) is 0.391. The van der Waals surface area contributed by atoms with Gasteiger partial charge < -0.3 is 4.74 Å². The van der Waals surface area contributed by atoms with Crippen LogP contribution in [0.2, 0.25) is 0 Å². The number of allylic oxidation sites excluding steroid dienone is 2. The van der Waals surface area contributed by atoms with Crippen LogP contribution >= 0.6 is 0 Å². The Morgan fingerprint density at radius 3 is 2.86 bits per heavy atom. The molecule has 0 aromatic heterocycles. The van der Waals surface area contributed by atoms with Gasteiger partial charge in [0.05, 0.1) is 7.11 Å². The fourth-order valence-corrected chi connectivity index (χ4v) is 1.65. The summed E-state index contributed by atoms with van der Waals surface area (Å²) in [4.78, 5) is 22.1. The summed E-state index contributed by atoms with van der Waals surface area (Å²) in [6.07, 6.45) is 7.91. The van der Waals surface area contributed by atoms with Crippen LogP contribution in [-0.2, 0) is 14.3 Å². The van der Waals surface area contributed by atoms with E-state index >= 15 is 0 Å². The minimum atomic E-state index is -0.435. The maximum absolute atomic E-state index is 11.3. The lowest BCUT2D eigenvalue weighted by Crippen LogP contribution is -2.13. The molecular weight excluding hydrogens is 180 g/mol. The number of rotatable bonds is 4. The molecule has 3 heteroatoms. The Labute approximate surface area is 84.1 Å². The van der Waals surface area contributed by atoms with Crippen LogP contribution in [0.15, 0.2) is 12.2 Å². The Morgan fingerprint density at radius 2 is 2.29 bits per heavy atom. The van der Waals surface area contributed by atoms with E-state index in [1.165, 1.54) is 7.11 Å². The van der Waals surface area contributed by atoms with Crippen LogP contribution in [0.1, 0.15) is 32.1 Å². The van der Waals surface area contributed by atoms with Gasteiger partial charge in [0.1, 0.15) is 12.2 Å². The Morgan fingerprint density at radius 1 is 1.50 bits per heavy atom. The van der Waals surface area contributed by atoms with Gasteiger partial charge in [-0.05, 0) is 25.2 Å². The van der Waals surface area contributed by atoms with Crippen molar-refractivity contribution < 1.29 is 14.3 Å². The van der Waals surface area contributed by atoms with Gasteiger partial charge in [-0.15, -0.1) is 0 Å². The molecule has 0 aliphatic heterocycles. The maximum Gasteiger partial charge on any atom is 0.313 e. The minimum absolute atomic E-state index is 0.0200. The summed E-state index contributed by atoms with van der Waals surface area (Å²) < 4.78 is 4.43. The van der Waals surface area contributed by atoms with Crippen molar-refractivity contribution in [3.63, 3.8) is 0 Å². The molecule has 78 valence electrons. The van der Waals surface area contributed by atoms with Crippen LogP contribution in [0.25, 0.3) is 0 Å². The lowest BCUT2D eigenvalue weighted by molar-refractivity contribution is -0.143. The number of ketones is 1. The van der Waals surface area contributed by atoms with Crippen molar-refractivity contribution in [2.24, 2.45) is 5.92 Å². The SMILES string of the molecule is COC(=O)CC(=O)CC1C=CCCC1. The molecular formula is C11H16O3. The van der Waals surface area contributed by atoms with E-state index in [9.17, 15) is 9.59 Å². The topological polar surface area (TPSA) is 43.4 Å². The zero-order valence-corrected chi connectivity index (χ0v) is 8.49. The summed E-state index contributed by atoms with van der Waals surface area (Å²) in [6.45, 7) is 0. The molecule has 0 bridgehead atoms. The van der Waals surface area contributed by atoms with Gasteiger partial charge in [-0.3, -0.25) is 9.59 Å². The van der Waals surface area contributed by atoms with Gasteiger partial charge in [0, 0.05) is 6.42 Å². The first kappa shape index (κ1) is 11.0. The number of Topliss-reactive ketones (excluding diaryl/α,β-unsaturated/α-hetero) is 1. The second-order valence-corrected chi connectivity index (χ2v) is 3.61. The number of methoxy groups -OCH3 is 1. The highest BCUT2D eigenvalue weighted by Crippen LogP contribution is 2.20. The van der Waals surface area contributed by atoms with Crippen LogP contribution in [0.5, 0.6) is 0 Å². The third-order valence-corrected chi connectivity index (χ3v) is 2.41. The normalized spacial score (nSPS) is 20.5. The van der Waals surface area contributed by atoms with Crippen molar-refractivity contribution in [1.29, 1.82) is 0 Å². The summed E-state index contributed by atoms with van der Waals surface area (Å²) >= 11 is 0. The van der Waals surface area contributed by atoms with Gasteiger partial charge in [-0.1, -0.05) is 12.2 Å². The van der Waals surface area contributed by atoms with Gasteiger partial charge in [-0.2, -0.15) is 0 Å². The Kier molecular flexibility index (Phi) is 4.36. The third-order valence-electron chi connectivity index (χ3n) is 2.41. The molecule has 0 spiro atoms. The smallest absolute Gasteiger partial charge is 0.313 e. The number of carbonyl (C=O) groups excluding carboxylic acids is 2. The molecule has 1 aliphatic carbocycles. The molecule has 0 N–H and O–H groups in total. The molecule has 0 amide bonds. The molecule has 0 fully saturated rings. The zero-order valence-electron chi connectivity index (χ0n) is 8.49. The number of carbonyl (C=O) groups is 2. The molecule has 1 rings (SSSR count). The molecule has 0 aromatic carbocycles. The molecule has 1 aliphatic rings. The minimum Gasteiger partial charge on any atom is -0.469 e. The van der Waals surface area contributed by atoms with E-state index in [-0.39, 0.29) is 12.2 Å². The second-order valence-electron chi connectivity index (χ2n) is 3.61. The first-order chi connectivity index (χ1) is 6.72. The monoisotopic (exact) mass is 196 g/mol. The van der Waals surface area contributed by atoms with Crippen molar-refractivity contribution in [2.75, 3.05) is 7.11 Å². The van der Waals surface area contributed by atoms with Crippen molar-refractivity contribution >= 4 is 11.8 Å². The molecule has 1 unspecified atom stereocenters. The Balaban J connectivity index is 2.29. The highest BCUT2D eigenvalue weighted by atomic mass is 16.5. The largest absolute Gasteiger partial charge is 0.469 e. The molecule has 0 aromatic rings. The van der Waals surface area contributed by atoms with Gasteiger partial charge in [0.25, 0.3) is 0 Å². The third kappa shape index (κ3) is 3.73. The number of hydrogen-bond donors (Lipinski definition) is 0. The van der Waals surface area contributed by atoms with Crippen molar-refractivity contribution in [3.8, 4) is 0 Å². The molecule has 0 radical (unpaired) electrons. The van der Waals surface area contributed by atoms with E-state index in [4.69, 9.17) is 0 Å². The summed E-state index contributed by atoms with van der Waals surface area (Å²) in [5.41, 5.74) is 0. The summed E-state index contributed by atoms with van der Waals surface area (Å²) in [6, 6.07) is 0. The van der Waals surface area contributed by atoms with Crippen molar-refractivity contribution in [3.05, 3.63) is 12.2 Å². The average molecular weight is 196 g/mol. The molecule has 1 atom stereocenters. The van der Waals surface area contributed by atoms with Crippen LogP contribution in [0.4, 0.5) is 0 Å². The highest BCUT2D eigenvalue weighted by Gasteiger charge is 2.15. The summed E-state index contributed by atoms with van der Waals surface area (Å²) in [7, 11) is 1.30. The van der Waals surface area contributed by atoms with Gasteiger partial charge in [-0.25, -0.2) is 0 Å². The fraction of sp³-hybridized carbons (Fsp3) is 0.636. The predicted octanol–water partition coefficient (Wildman–Crippen LogP) is 1.86. The van der Waals surface area contributed by atoms with E-state index in [0.717, 1.165) is 19.3 Å². The van der Waals surface area contributed by atoms with E-state index in [1.54, 1.807) is 0 Å². The maximum atomic E-state index is 11.3. The zero-order chi connectivity index (χ0) is 10.4. The van der Waals surface area contributed by atoms with Crippen LogP contribution in [0.3, 0.4) is 0 Å². The fourth-order valence-electron chi connectivity index (χ4n) is 1.65.